The van der Waals surface area contributed by atoms with Gasteiger partial charge >= 0.3 is 0 Å². The van der Waals surface area contributed by atoms with E-state index in [1.54, 1.807) is 22.3 Å². The molecule has 0 saturated heterocycles. The van der Waals surface area contributed by atoms with E-state index < -0.39 is 0 Å². The second-order valence-corrected chi connectivity index (χ2v) is 17.7. The highest BCUT2D eigenvalue weighted by atomic mass is 15.1. The van der Waals surface area contributed by atoms with Crippen molar-refractivity contribution in [1.29, 1.82) is 0 Å². The van der Waals surface area contributed by atoms with Crippen LogP contribution in [0.1, 0.15) is 97.6 Å². The zero-order valence-electron chi connectivity index (χ0n) is 34.0. The zero-order chi connectivity index (χ0) is 38.8. The number of hydrogen-bond acceptors (Lipinski definition) is 2. The van der Waals surface area contributed by atoms with E-state index in [0.29, 0.717) is 0 Å². The van der Waals surface area contributed by atoms with Crippen molar-refractivity contribution in [1.82, 2.24) is 0 Å². The molecule has 286 valence electrons. The second-order valence-electron chi connectivity index (χ2n) is 17.7. The lowest BCUT2D eigenvalue weighted by atomic mass is 9.66. The Morgan fingerprint density at radius 3 is 1.07 bits per heavy atom. The topological polar surface area (TPSA) is 6.48 Å². The summed E-state index contributed by atoms with van der Waals surface area (Å²) in [5.41, 5.74) is 22.1. The van der Waals surface area contributed by atoms with Gasteiger partial charge in [-0.1, -0.05) is 111 Å². The average Bonchev–Trinajstić information content (AvgIpc) is 3.66. The second kappa shape index (κ2) is 13.9. The molecule has 11 rings (SSSR count). The Morgan fingerprint density at radius 2 is 0.672 bits per heavy atom. The van der Waals surface area contributed by atoms with Crippen LogP contribution >= 0.6 is 0 Å². The van der Waals surface area contributed by atoms with Crippen LogP contribution in [0, 0.1) is 13.8 Å². The predicted molar refractivity (Wildman–Crippen MR) is 244 cm³/mol. The van der Waals surface area contributed by atoms with Crippen LogP contribution in [0.4, 0.5) is 34.1 Å². The van der Waals surface area contributed by atoms with Crippen LogP contribution in [-0.2, 0) is 10.8 Å². The highest BCUT2D eigenvalue weighted by Gasteiger charge is 2.49. The van der Waals surface area contributed by atoms with Gasteiger partial charge in [0.1, 0.15) is 0 Å². The standard InChI is InChI=1S/C56H52N2/c1-39-17-15-23-43(33-39)57(41-19-7-3-8-20-41)45-25-27-47-49-37-54-50(38-53(49)55(51(47)35-45)29-11-5-12-30-55)48-28-26-46(36-52(48)56(54)31-13-6-14-32-56)58(42-21-9-4-10-22-42)44-24-16-18-40(2)34-44/h3-4,7-10,15-28,33-38H,5-6,11-14,29-32H2,1-2H3. The van der Waals surface area contributed by atoms with Crippen molar-refractivity contribution in [3.63, 3.8) is 0 Å². The third-order valence-corrected chi connectivity index (χ3v) is 14.3. The Bertz CT molecular complexity index is 2470. The van der Waals surface area contributed by atoms with E-state index in [1.807, 2.05) is 0 Å². The lowest BCUT2D eigenvalue weighted by molar-refractivity contribution is 0.350. The number of anilines is 6. The maximum Gasteiger partial charge on any atom is 0.0465 e. The van der Waals surface area contributed by atoms with Crippen LogP contribution in [0.25, 0.3) is 22.3 Å². The largest absolute Gasteiger partial charge is 0.310 e. The fourth-order valence-corrected chi connectivity index (χ4v) is 11.7. The molecule has 2 saturated carbocycles. The summed E-state index contributed by atoms with van der Waals surface area (Å²) >= 11 is 0. The molecule has 0 N–H and O–H groups in total. The Balaban J connectivity index is 1.08. The van der Waals surface area contributed by atoms with Gasteiger partial charge in [0.05, 0.1) is 0 Å². The van der Waals surface area contributed by atoms with Crippen LogP contribution in [0.3, 0.4) is 0 Å². The number of para-hydroxylation sites is 2. The summed E-state index contributed by atoms with van der Waals surface area (Å²) in [6.07, 6.45) is 12.6. The fraction of sp³-hybridized carbons (Fsp3) is 0.250. The number of nitrogens with zero attached hydrogens (tertiary/aromatic N) is 2. The normalized spacial score (nSPS) is 16.7. The maximum atomic E-state index is 2.71. The van der Waals surface area contributed by atoms with Crippen molar-refractivity contribution in [2.75, 3.05) is 9.80 Å². The molecule has 0 heterocycles. The highest BCUT2D eigenvalue weighted by molar-refractivity contribution is 5.93. The fourth-order valence-electron chi connectivity index (χ4n) is 11.7. The molecule has 7 aromatic rings. The van der Waals surface area contributed by atoms with Crippen molar-refractivity contribution < 1.29 is 0 Å². The number of rotatable bonds is 6. The van der Waals surface area contributed by atoms with Gasteiger partial charge in [-0.25, -0.2) is 0 Å². The van der Waals surface area contributed by atoms with Gasteiger partial charge in [-0.05, 0) is 180 Å². The van der Waals surface area contributed by atoms with Gasteiger partial charge in [-0.2, -0.15) is 0 Å². The van der Waals surface area contributed by atoms with Crippen molar-refractivity contribution in [2.45, 2.75) is 88.9 Å². The van der Waals surface area contributed by atoms with Crippen molar-refractivity contribution in [3.05, 3.63) is 191 Å². The smallest absolute Gasteiger partial charge is 0.0465 e. The van der Waals surface area contributed by atoms with Gasteiger partial charge in [0.2, 0.25) is 0 Å². The van der Waals surface area contributed by atoms with Gasteiger partial charge in [0.25, 0.3) is 0 Å². The SMILES string of the molecule is Cc1cccc(N(c2ccccc2)c2ccc3c(c2)C2(CCCCC2)c2cc4c(cc2-3)C2(CCCCC2)c2cc(N(c3ccccc3)c3cccc(C)c3)ccc2-4)c1. The monoisotopic (exact) mass is 752 g/mol. The molecule has 2 fully saturated rings. The van der Waals surface area contributed by atoms with E-state index in [-0.39, 0.29) is 10.8 Å². The molecule has 2 heteroatoms. The van der Waals surface area contributed by atoms with Crippen LogP contribution in [-0.4, -0.2) is 0 Å². The minimum absolute atomic E-state index is 0.0284. The average molecular weight is 753 g/mol. The van der Waals surface area contributed by atoms with E-state index in [0.717, 1.165) is 0 Å². The van der Waals surface area contributed by atoms with Crippen LogP contribution < -0.4 is 9.80 Å². The minimum atomic E-state index is 0.0284. The van der Waals surface area contributed by atoms with Crippen LogP contribution in [0.2, 0.25) is 0 Å². The first-order valence-corrected chi connectivity index (χ1v) is 21.9. The molecule has 0 aromatic heterocycles. The molecule has 0 amide bonds. The van der Waals surface area contributed by atoms with Gasteiger partial charge in [0, 0.05) is 45.0 Å². The maximum absolute atomic E-state index is 2.71. The van der Waals surface area contributed by atoms with E-state index in [2.05, 4.69) is 181 Å². The van der Waals surface area contributed by atoms with E-state index in [1.165, 1.54) is 132 Å². The Hall–Kier alpha value is -5.86. The summed E-state index contributed by atoms with van der Waals surface area (Å²) in [5, 5.41) is 0. The quantitative estimate of drug-likeness (QED) is 0.167. The van der Waals surface area contributed by atoms with Crippen molar-refractivity contribution in [2.24, 2.45) is 0 Å². The third-order valence-electron chi connectivity index (χ3n) is 14.3. The predicted octanol–water partition coefficient (Wildman–Crippen LogP) is 15.7. The summed E-state index contributed by atoms with van der Waals surface area (Å²) in [6, 6.07) is 60.2. The Morgan fingerprint density at radius 1 is 0.310 bits per heavy atom. The summed E-state index contributed by atoms with van der Waals surface area (Å²) in [5.74, 6) is 0. The van der Waals surface area contributed by atoms with Gasteiger partial charge < -0.3 is 9.80 Å². The summed E-state index contributed by atoms with van der Waals surface area (Å²) in [4.78, 5) is 4.93. The first kappa shape index (κ1) is 35.3. The molecular formula is C56H52N2. The van der Waals surface area contributed by atoms with E-state index in [4.69, 9.17) is 0 Å². The Labute approximate surface area is 344 Å². The lowest BCUT2D eigenvalue weighted by Crippen LogP contribution is -2.29. The molecule has 0 atom stereocenters. The molecule has 2 spiro atoms. The van der Waals surface area contributed by atoms with Crippen molar-refractivity contribution in [3.8, 4) is 22.3 Å². The zero-order valence-corrected chi connectivity index (χ0v) is 34.0. The number of benzene rings is 7. The molecule has 4 aliphatic rings. The first-order valence-electron chi connectivity index (χ1n) is 21.9. The van der Waals surface area contributed by atoms with E-state index in [9.17, 15) is 0 Å². The molecule has 58 heavy (non-hydrogen) atoms. The van der Waals surface area contributed by atoms with Crippen LogP contribution in [0.15, 0.2) is 158 Å². The van der Waals surface area contributed by atoms with Crippen LogP contribution in [0.5, 0.6) is 0 Å². The van der Waals surface area contributed by atoms with E-state index >= 15 is 0 Å². The number of aryl methyl sites for hydroxylation is 2. The lowest BCUT2D eigenvalue weighted by Gasteiger charge is -2.38. The Kier molecular flexibility index (Phi) is 8.47. The summed E-state index contributed by atoms with van der Waals surface area (Å²) in [7, 11) is 0. The molecule has 0 aliphatic heterocycles. The minimum Gasteiger partial charge on any atom is -0.310 e. The molecular weight excluding hydrogens is 701 g/mol. The highest BCUT2D eigenvalue weighted by Crippen LogP contribution is 2.63. The van der Waals surface area contributed by atoms with Gasteiger partial charge in [-0.3, -0.25) is 0 Å². The van der Waals surface area contributed by atoms with Gasteiger partial charge in [0.15, 0.2) is 0 Å². The third kappa shape index (κ3) is 5.52. The molecule has 4 aliphatic carbocycles. The van der Waals surface area contributed by atoms with Crippen molar-refractivity contribution >= 4 is 34.1 Å². The molecule has 0 radical (unpaired) electrons. The molecule has 7 aromatic carbocycles. The van der Waals surface area contributed by atoms with Gasteiger partial charge in [-0.15, -0.1) is 0 Å². The summed E-state index contributed by atoms with van der Waals surface area (Å²) in [6.45, 7) is 4.40. The molecule has 0 bridgehead atoms. The first-order chi connectivity index (χ1) is 28.5. The summed E-state index contributed by atoms with van der Waals surface area (Å²) < 4.78 is 0. The molecule has 2 nitrogen and oxygen atoms in total. The number of fused-ring (bicyclic) bond motifs is 10. The molecule has 0 unspecified atom stereocenters. The number of hydrogen-bond donors (Lipinski definition) is 0.